The highest BCUT2D eigenvalue weighted by Crippen LogP contribution is 2.17. The number of hydrogen-bond acceptors (Lipinski definition) is 3. The largest absolute Gasteiger partial charge is 0.352 e. The second-order valence-corrected chi connectivity index (χ2v) is 4.69. The van der Waals surface area contributed by atoms with Crippen molar-refractivity contribution in [2.45, 2.75) is 38.1 Å². The summed E-state index contributed by atoms with van der Waals surface area (Å²) in [4.78, 5) is 24.7. The van der Waals surface area contributed by atoms with Gasteiger partial charge in [-0.3, -0.25) is 4.79 Å². The summed E-state index contributed by atoms with van der Waals surface area (Å²) in [7, 11) is 1.88. The SMILES string of the molecule is CNCCCC(=O)N1CCCCC1CNC(N)=O. The van der Waals surface area contributed by atoms with Gasteiger partial charge >= 0.3 is 6.03 Å². The van der Waals surface area contributed by atoms with Crippen molar-refractivity contribution in [1.29, 1.82) is 0 Å². The minimum atomic E-state index is -0.525. The molecule has 1 fully saturated rings. The van der Waals surface area contributed by atoms with Gasteiger partial charge in [0.05, 0.1) is 0 Å². The lowest BCUT2D eigenvalue weighted by atomic mass is 10.0. The van der Waals surface area contributed by atoms with Crippen molar-refractivity contribution >= 4 is 11.9 Å². The summed E-state index contributed by atoms with van der Waals surface area (Å²) in [6.45, 7) is 2.11. The smallest absolute Gasteiger partial charge is 0.312 e. The number of nitrogens with one attached hydrogen (secondary N) is 2. The van der Waals surface area contributed by atoms with Crippen LogP contribution in [-0.4, -0.2) is 49.6 Å². The van der Waals surface area contributed by atoms with Crippen molar-refractivity contribution in [2.24, 2.45) is 5.73 Å². The van der Waals surface area contributed by atoms with Gasteiger partial charge in [0.25, 0.3) is 0 Å². The second kappa shape index (κ2) is 7.92. The highest BCUT2D eigenvalue weighted by molar-refractivity contribution is 5.77. The molecule has 1 unspecified atom stereocenters. The standard InChI is InChI=1S/C12H24N4O2/c1-14-7-4-6-11(17)16-8-3-2-5-10(16)9-15-12(13)18/h10,14H,2-9H2,1H3,(H3,13,15,18). The molecule has 104 valence electrons. The van der Waals surface area contributed by atoms with Crippen LogP contribution in [0.1, 0.15) is 32.1 Å². The van der Waals surface area contributed by atoms with Gasteiger partial charge in [-0.05, 0) is 39.3 Å². The number of likely N-dealkylation sites (tertiary alicyclic amines) is 1. The van der Waals surface area contributed by atoms with Gasteiger partial charge in [0.2, 0.25) is 5.91 Å². The molecular weight excluding hydrogens is 232 g/mol. The number of hydrogen-bond donors (Lipinski definition) is 3. The molecule has 1 saturated heterocycles. The Morgan fingerprint density at radius 2 is 2.17 bits per heavy atom. The number of carbonyl (C=O) groups is 2. The number of amides is 3. The minimum Gasteiger partial charge on any atom is -0.352 e. The third kappa shape index (κ3) is 4.91. The molecule has 1 atom stereocenters. The van der Waals surface area contributed by atoms with E-state index in [0.29, 0.717) is 13.0 Å². The average molecular weight is 256 g/mol. The summed E-state index contributed by atoms with van der Waals surface area (Å²) in [6, 6.07) is -0.420. The van der Waals surface area contributed by atoms with Crippen LogP contribution >= 0.6 is 0 Å². The predicted molar refractivity (Wildman–Crippen MR) is 70.1 cm³/mol. The Balaban J connectivity index is 2.42. The van der Waals surface area contributed by atoms with E-state index >= 15 is 0 Å². The first kappa shape index (κ1) is 14.8. The van der Waals surface area contributed by atoms with E-state index in [1.165, 1.54) is 0 Å². The molecule has 0 aromatic heterocycles. The van der Waals surface area contributed by atoms with E-state index in [9.17, 15) is 9.59 Å². The van der Waals surface area contributed by atoms with E-state index < -0.39 is 6.03 Å². The molecule has 1 rings (SSSR count). The van der Waals surface area contributed by atoms with Crippen molar-refractivity contribution in [3.05, 3.63) is 0 Å². The fraction of sp³-hybridized carbons (Fsp3) is 0.833. The Morgan fingerprint density at radius 1 is 1.39 bits per heavy atom. The van der Waals surface area contributed by atoms with Gasteiger partial charge in [0, 0.05) is 25.6 Å². The Hall–Kier alpha value is -1.30. The molecule has 0 aromatic carbocycles. The lowest BCUT2D eigenvalue weighted by molar-refractivity contribution is -0.134. The molecule has 3 amide bonds. The van der Waals surface area contributed by atoms with Gasteiger partial charge in [-0.1, -0.05) is 0 Å². The molecule has 6 heteroatoms. The van der Waals surface area contributed by atoms with Crippen LogP contribution in [-0.2, 0) is 4.79 Å². The number of nitrogens with zero attached hydrogens (tertiary/aromatic N) is 1. The molecule has 1 heterocycles. The van der Waals surface area contributed by atoms with Crippen LogP contribution in [0.5, 0.6) is 0 Å². The van der Waals surface area contributed by atoms with Gasteiger partial charge in [-0.15, -0.1) is 0 Å². The maximum Gasteiger partial charge on any atom is 0.312 e. The Morgan fingerprint density at radius 3 is 2.83 bits per heavy atom. The first-order valence-electron chi connectivity index (χ1n) is 6.62. The number of carbonyl (C=O) groups excluding carboxylic acids is 2. The van der Waals surface area contributed by atoms with Crippen molar-refractivity contribution in [3.8, 4) is 0 Å². The molecule has 6 nitrogen and oxygen atoms in total. The summed E-state index contributed by atoms with van der Waals surface area (Å²) in [5, 5.41) is 5.63. The highest BCUT2D eigenvalue weighted by atomic mass is 16.2. The fourth-order valence-electron chi connectivity index (χ4n) is 2.32. The minimum absolute atomic E-state index is 0.105. The highest BCUT2D eigenvalue weighted by Gasteiger charge is 2.26. The van der Waals surface area contributed by atoms with Gasteiger partial charge < -0.3 is 21.3 Å². The number of primary amides is 1. The van der Waals surface area contributed by atoms with E-state index in [1.54, 1.807) is 0 Å². The van der Waals surface area contributed by atoms with E-state index in [4.69, 9.17) is 5.73 Å². The number of rotatable bonds is 6. The summed E-state index contributed by atoms with van der Waals surface area (Å²) < 4.78 is 0. The number of nitrogens with two attached hydrogens (primary N) is 1. The van der Waals surface area contributed by atoms with E-state index in [0.717, 1.165) is 38.8 Å². The quantitative estimate of drug-likeness (QED) is 0.586. The maximum absolute atomic E-state index is 12.1. The van der Waals surface area contributed by atoms with Crippen molar-refractivity contribution in [1.82, 2.24) is 15.5 Å². The van der Waals surface area contributed by atoms with E-state index in [2.05, 4.69) is 10.6 Å². The second-order valence-electron chi connectivity index (χ2n) is 4.69. The summed E-state index contributed by atoms with van der Waals surface area (Å²) in [6.07, 6.45) is 4.50. The van der Waals surface area contributed by atoms with Crippen LogP contribution in [0.25, 0.3) is 0 Å². The number of urea groups is 1. The van der Waals surface area contributed by atoms with Crippen molar-refractivity contribution < 1.29 is 9.59 Å². The first-order chi connectivity index (χ1) is 8.65. The lowest BCUT2D eigenvalue weighted by Gasteiger charge is -2.36. The van der Waals surface area contributed by atoms with Crippen molar-refractivity contribution in [3.63, 3.8) is 0 Å². The maximum atomic E-state index is 12.1. The third-order valence-corrected chi connectivity index (χ3v) is 3.28. The summed E-state index contributed by atoms with van der Waals surface area (Å²) >= 11 is 0. The molecule has 0 aromatic rings. The molecular formula is C12H24N4O2. The first-order valence-corrected chi connectivity index (χ1v) is 6.62. The molecule has 4 N–H and O–H groups in total. The van der Waals surface area contributed by atoms with Crippen LogP contribution in [0, 0.1) is 0 Å². The third-order valence-electron chi connectivity index (χ3n) is 3.28. The topological polar surface area (TPSA) is 87.5 Å². The Bertz CT molecular complexity index is 283. The van der Waals surface area contributed by atoms with Crippen molar-refractivity contribution in [2.75, 3.05) is 26.7 Å². The normalized spacial score (nSPS) is 19.6. The molecule has 0 spiro atoms. The zero-order valence-electron chi connectivity index (χ0n) is 11.1. The van der Waals surface area contributed by atoms with Gasteiger partial charge in [-0.25, -0.2) is 4.79 Å². The van der Waals surface area contributed by atoms with Crippen LogP contribution in [0.3, 0.4) is 0 Å². The average Bonchev–Trinajstić information content (AvgIpc) is 2.37. The van der Waals surface area contributed by atoms with Gasteiger partial charge in [-0.2, -0.15) is 0 Å². The molecule has 1 aliphatic rings. The Kier molecular flexibility index (Phi) is 6.49. The molecule has 0 aliphatic carbocycles. The zero-order valence-corrected chi connectivity index (χ0v) is 11.1. The predicted octanol–water partition coefficient (Wildman–Crippen LogP) is 0.0354. The summed E-state index contributed by atoms with van der Waals surface area (Å²) in [5.74, 6) is 0.182. The molecule has 18 heavy (non-hydrogen) atoms. The molecule has 1 aliphatic heterocycles. The van der Waals surface area contributed by atoms with Crippen LogP contribution in [0.15, 0.2) is 0 Å². The van der Waals surface area contributed by atoms with Crippen LogP contribution in [0.2, 0.25) is 0 Å². The van der Waals surface area contributed by atoms with Gasteiger partial charge in [0.1, 0.15) is 0 Å². The molecule has 0 bridgehead atoms. The molecule has 0 saturated carbocycles. The lowest BCUT2D eigenvalue weighted by Crippen LogP contribution is -2.50. The fourth-order valence-corrected chi connectivity index (χ4v) is 2.32. The summed E-state index contributed by atoms with van der Waals surface area (Å²) in [5.41, 5.74) is 5.07. The molecule has 0 radical (unpaired) electrons. The zero-order chi connectivity index (χ0) is 13.4. The van der Waals surface area contributed by atoms with E-state index in [1.807, 2.05) is 11.9 Å². The monoisotopic (exact) mass is 256 g/mol. The van der Waals surface area contributed by atoms with E-state index in [-0.39, 0.29) is 11.9 Å². The van der Waals surface area contributed by atoms with Crippen LogP contribution < -0.4 is 16.4 Å². The van der Waals surface area contributed by atoms with Gasteiger partial charge in [0.15, 0.2) is 0 Å². The van der Waals surface area contributed by atoms with Crippen LogP contribution in [0.4, 0.5) is 4.79 Å². The number of piperidine rings is 1. The Labute approximate surface area is 108 Å².